The van der Waals surface area contributed by atoms with Crippen LogP contribution >= 0.6 is 0 Å². The summed E-state index contributed by atoms with van der Waals surface area (Å²) in [6.45, 7) is 0.0127. The fraction of sp³-hybridized carbons (Fsp3) is 0.0588. The lowest BCUT2D eigenvalue weighted by Crippen LogP contribution is -2.23. The quantitative estimate of drug-likeness (QED) is 0.722. The highest BCUT2D eigenvalue weighted by Gasteiger charge is 2.17. The number of halogens is 1. The van der Waals surface area contributed by atoms with Crippen molar-refractivity contribution in [3.05, 3.63) is 72.0 Å². The van der Waals surface area contributed by atoms with Gasteiger partial charge in [-0.2, -0.15) is 0 Å². The molecule has 3 aromatic carbocycles. The third-order valence-corrected chi connectivity index (χ3v) is 5.02. The molecule has 0 unspecified atom stereocenters. The topological polar surface area (TPSA) is 72.2 Å². The van der Waals surface area contributed by atoms with E-state index in [1.54, 1.807) is 36.4 Å². The van der Waals surface area contributed by atoms with Crippen molar-refractivity contribution in [2.75, 3.05) is 5.73 Å². The number of fused-ring (bicyclic) bond motifs is 1. The Labute approximate surface area is 133 Å². The number of hydrogen-bond donors (Lipinski definition) is 2. The van der Waals surface area contributed by atoms with Gasteiger partial charge >= 0.3 is 0 Å². The van der Waals surface area contributed by atoms with Gasteiger partial charge in [0.2, 0.25) is 10.0 Å². The summed E-state index contributed by atoms with van der Waals surface area (Å²) in [7, 11) is -3.74. The molecule has 0 saturated carbocycles. The van der Waals surface area contributed by atoms with Gasteiger partial charge in [-0.15, -0.1) is 0 Å². The van der Waals surface area contributed by atoms with Crippen molar-refractivity contribution in [1.29, 1.82) is 0 Å². The van der Waals surface area contributed by atoms with Gasteiger partial charge in [-0.1, -0.05) is 36.4 Å². The van der Waals surface area contributed by atoms with Crippen molar-refractivity contribution in [3.63, 3.8) is 0 Å². The monoisotopic (exact) mass is 330 g/mol. The van der Waals surface area contributed by atoms with Gasteiger partial charge < -0.3 is 5.73 Å². The molecule has 0 radical (unpaired) electrons. The van der Waals surface area contributed by atoms with E-state index in [1.165, 1.54) is 24.3 Å². The Hall–Kier alpha value is -2.44. The molecule has 0 saturated heterocycles. The smallest absolute Gasteiger partial charge is 0.241 e. The molecule has 0 spiro atoms. The van der Waals surface area contributed by atoms with E-state index in [0.717, 1.165) is 0 Å². The van der Waals surface area contributed by atoms with Crippen molar-refractivity contribution in [1.82, 2.24) is 4.72 Å². The van der Waals surface area contributed by atoms with E-state index in [1.807, 2.05) is 0 Å². The van der Waals surface area contributed by atoms with Crippen LogP contribution in [0.25, 0.3) is 10.8 Å². The Balaban J connectivity index is 1.96. The minimum absolute atomic E-state index is 0.0127. The molecule has 6 heteroatoms. The molecule has 3 aromatic rings. The second-order valence-corrected chi connectivity index (χ2v) is 6.89. The molecule has 0 aliphatic heterocycles. The maximum Gasteiger partial charge on any atom is 0.241 e. The number of nitrogen functional groups attached to an aromatic ring is 1. The van der Waals surface area contributed by atoms with Crippen LogP contribution in [-0.4, -0.2) is 8.42 Å². The maximum absolute atomic E-state index is 13.2. The standard InChI is InChI=1S/C17H15FN2O2S/c18-13-5-1-4-12(10-13)11-20-23(21,22)17-9-3-6-14-15(17)7-2-8-16(14)19/h1-10,20H,11,19H2. The highest BCUT2D eigenvalue weighted by Crippen LogP contribution is 2.27. The molecule has 3 N–H and O–H groups in total. The fourth-order valence-corrected chi connectivity index (χ4v) is 3.68. The van der Waals surface area contributed by atoms with Crippen LogP contribution in [0.1, 0.15) is 5.56 Å². The first-order valence-corrected chi connectivity index (χ1v) is 8.47. The SMILES string of the molecule is Nc1cccc2c(S(=O)(=O)NCc3cccc(F)c3)cccc12. The first kappa shape index (κ1) is 15.5. The van der Waals surface area contributed by atoms with Crippen LogP contribution in [0.3, 0.4) is 0 Å². The molecule has 0 heterocycles. The lowest BCUT2D eigenvalue weighted by molar-refractivity contribution is 0.581. The lowest BCUT2D eigenvalue weighted by atomic mass is 10.1. The summed E-state index contributed by atoms with van der Waals surface area (Å²) in [5.41, 5.74) is 6.96. The molecule has 0 fully saturated rings. The second kappa shape index (κ2) is 5.98. The van der Waals surface area contributed by atoms with Crippen molar-refractivity contribution < 1.29 is 12.8 Å². The molecule has 23 heavy (non-hydrogen) atoms. The summed E-state index contributed by atoms with van der Waals surface area (Å²) in [6.07, 6.45) is 0. The molecule has 0 bridgehead atoms. The Morgan fingerprint density at radius 1 is 0.957 bits per heavy atom. The third kappa shape index (κ3) is 3.18. The molecular formula is C17H15FN2O2S. The van der Waals surface area contributed by atoms with Crippen LogP contribution < -0.4 is 10.5 Å². The van der Waals surface area contributed by atoms with Crippen LogP contribution in [0.2, 0.25) is 0 Å². The number of nitrogens with one attached hydrogen (secondary N) is 1. The molecule has 0 atom stereocenters. The number of anilines is 1. The van der Waals surface area contributed by atoms with Crippen LogP contribution in [-0.2, 0) is 16.6 Å². The lowest BCUT2D eigenvalue weighted by Gasteiger charge is -2.11. The van der Waals surface area contributed by atoms with Crippen LogP contribution in [0.5, 0.6) is 0 Å². The number of hydrogen-bond acceptors (Lipinski definition) is 3. The summed E-state index contributed by atoms with van der Waals surface area (Å²) >= 11 is 0. The summed E-state index contributed by atoms with van der Waals surface area (Å²) in [6, 6.07) is 15.9. The number of benzene rings is 3. The number of rotatable bonds is 4. The largest absolute Gasteiger partial charge is 0.398 e. The summed E-state index contributed by atoms with van der Waals surface area (Å²) in [4.78, 5) is 0.152. The van der Waals surface area contributed by atoms with E-state index >= 15 is 0 Å². The van der Waals surface area contributed by atoms with E-state index in [2.05, 4.69) is 4.72 Å². The van der Waals surface area contributed by atoms with E-state index in [0.29, 0.717) is 22.0 Å². The Morgan fingerprint density at radius 3 is 2.43 bits per heavy atom. The molecule has 0 aliphatic carbocycles. The minimum Gasteiger partial charge on any atom is -0.398 e. The van der Waals surface area contributed by atoms with Gasteiger partial charge in [0.1, 0.15) is 5.82 Å². The third-order valence-electron chi connectivity index (χ3n) is 3.56. The van der Waals surface area contributed by atoms with Crippen LogP contribution in [0.15, 0.2) is 65.6 Å². The highest BCUT2D eigenvalue weighted by atomic mass is 32.2. The van der Waals surface area contributed by atoms with E-state index < -0.39 is 15.8 Å². The van der Waals surface area contributed by atoms with E-state index in [9.17, 15) is 12.8 Å². The van der Waals surface area contributed by atoms with Crippen LogP contribution in [0.4, 0.5) is 10.1 Å². The normalized spacial score (nSPS) is 11.7. The Morgan fingerprint density at radius 2 is 1.65 bits per heavy atom. The van der Waals surface area contributed by atoms with Crippen LogP contribution in [0, 0.1) is 5.82 Å². The Kier molecular flexibility index (Phi) is 4.02. The molecule has 0 aromatic heterocycles. The first-order valence-electron chi connectivity index (χ1n) is 6.99. The van der Waals surface area contributed by atoms with Crippen molar-refractivity contribution in [2.45, 2.75) is 11.4 Å². The first-order chi connectivity index (χ1) is 11.0. The highest BCUT2D eigenvalue weighted by molar-refractivity contribution is 7.89. The fourth-order valence-electron chi connectivity index (χ4n) is 2.44. The maximum atomic E-state index is 13.2. The zero-order valence-electron chi connectivity index (χ0n) is 12.2. The molecule has 3 rings (SSSR count). The zero-order valence-corrected chi connectivity index (χ0v) is 13.0. The van der Waals surface area contributed by atoms with Gasteiger partial charge in [-0.05, 0) is 29.8 Å². The van der Waals surface area contributed by atoms with Gasteiger partial charge in [-0.25, -0.2) is 17.5 Å². The number of nitrogens with two attached hydrogens (primary N) is 1. The van der Waals surface area contributed by atoms with Crippen molar-refractivity contribution >= 4 is 26.5 Å². The van der Waals surface area contributed by atoms with Gasteiger partial charge in [-0.3, -0.25) is 0 Å². The summed E-state index contributed by atoms with van der Waals surface area (Å²) < 4.78 is 40.8. The number of sulfonamides is 1. The average molecular weight is 330 g/mol. The molecule has 118 valence electrons. The average Bonchev–Trinajstić information content (AvgIpc) is 2.53. The minimum atomic E-state index is -3.74. The molecule has 0 amide bonds. The van der Waals surface area contributed by atoms with Gasteiger partial charge in [0.25, 0.3) is 0 Å². The molecule has 0 aliphatic rings. The predicted molar refractivity (Wildman–Crippen MR) is 88.8 cm³/mol. The van der Waals surface area contributed by atoms with Gasteiger partial charge in [0.15, 0.2) is 0 Å². The van der Waals surface area contributed by atoms with E-state index in [4.69, 9.17) is 5.73 Å². The Bertz CT molecular complexity index is 971. The summed E-state index contributed by atoms with van der Waals surface area (Å²) in [5, 5.41) is 1.24. The van der Waals surface area contributed by atoms with Gasteiger partial charge in [0.05, 0.1) is 4.90 Å². The van der Waals surface area contributed by atoms with Crippen molar-refractivity contribution in [2.24, 2.45) is 0 Å². The summed E-state index contributed by atoms with van der Waals surface area (Å²) in [5.74, 6) is -0.403. The zero-order chi connectivity index (χ0) is 16.4. The molecule has 4 nitrogen and oxygen atoms in total. The molecular weight excluding hydrogens is 315 g/mol. The van der Waals surface area contributed by atoms with E-state index in [-0.39, 0.29) is 11.4 Å². The van der Waals surface area contributed by atoms with Crippen molar-refractivity contribution in [3.8, 4) is 0 Å². The van der Waals surface area contributed by atoms with Gasteiger partial charge in [0, 0.05) is 23.0 Å². The second-order valence-electron chi connectivity index (χ2n) is 5.15. The predicted octanol–water partition coefficient (Wildman–Crippen LogP) is 3.04.